The Morgan fingerprint density at radius 2 is 1.75 bits per heavy atom. The van der Waals surface area contributed by atoms with Crippen molar-refractivity contribution in [3.8, 4) is 11.4 Å². The summed E-state index contributed by atoms with van der Waals surface area (Å²) < 4.78 is 2.01. The molecule has 1 N–H and O–H groups in total. The maximum atomic E-state index is 12.6. The van der Waals surface area contributed by atoms with Crippen LogP contribution in [0.25, 0.3) is 11.4 Å². The highest BCUT2D eigenvalue weighted by Crippen LogP contribution is 2.26. The van der Waals surface area contributed by atoms with Crippen molar-refractivity contribution < 1.29 is 9.59 Å². The molecule has 8 heteroatoms. The first kappa shape index (κ1) is 23.5. The third-order valence-electron chi connectivity index (χ3n) is 5.43. The van der Waals surface area contributed by atoms with Crippen LogP contribution in [0.15, 0.2) is 47.6 Å². The summed E-state index contributed by atoms with van der Waals surface area (Å²) in [7, 11) is 1.63. The smallest absolute Gasteiger partial charge is 0.243 e. The highest BCUT2D eigenvalue weighted by molar-refractivity contribution is 7.99. The summed E-state index contributed by atoms with van der Waals surface area (Å²) in [5, 5.41) is 12.2. The number of carbonyl (C=O) groups is 2. The van der Waals surface area contributed by atoms with Crippen LogP contribution in [0.2, 0.25) is 0 Å². The van der Waals surface area contributed by atoms with E-state index in [9.17, 15) is 9.59 Å². The molecule has 0 bridgehead atoms. The number of nitrogens with zero attached hydrogens (tertiary/aromatic N) is 4. The molecule has 1 heterocycles. The lowest BCUT2D eigenvalue weighted by molar-refractivity contribution is -0.131. The van der Waals surface area contributed by atoms with Crippen molar-refractivity contribution in [1.29, 1.82) is 0 Å². The minimum Gasteiger partial charge on any atom is -0.336 e. The first-order chi connectivity index (χ1) is 15.3. The summed E-state index contributed by atoms with van der Waals surface area (Å²) in [6, 6.07) is 13.8. The van der Waals surface area contributed by atoms with E-state index in [4.69, 9.17) is 0 Å². The van der Waals surface area contributed by atoms with Gasteiger partial charge in [0, 0.05) is 24.8 Å². The van der Waals surface area contributed by atoms with E-state index >= 15 is 0 Å². The topological polar surface area (TPSA) is 80.1 Å². The number of hydrogen-bond donors (Lipinski definition) is 1. The van der Waals surface area contributed by atoms with Crippen LogP contribution in [0.1, 0.15) is 23.6 Å². The lowest BCUT2D eigenvalue weighted by atomic mass is 10.1. The summed E-state index contributed by atoms with van der Waals surface area (Å²) in [5.74, 6) is 0.605. The highest BCUT2D eigenvalue weighted by atomic mass is 32.2. The Bertz CT molecular complexity index is 1130. The lowest BCUT2D eigenvalue weighted by Gasteiger charge is -2.17. The maximum Gasteiger partial charge on any atom is 0.243 e. The number of likely N-dealkylation sites (N-methyl/N-ethyl adjacent to an activating group) is 1. The lowest BCUT2D eigenvalue weighted by Crippen LogP contribution is -2.36. The molecule has 32 heavy (non-hydrogen) atoms. The minimum atomic E-state index is -0.224. The van der Waals surface area contributed by atoms with Gasteiger partial charge in [0.2, 0.25) is 11.8 Å². The van der Waals surface area contributed by atoms with Crippen molar-refractivity contribution in [2.45, 2.75) is 39.4 Å². The normalized spacial score (nSPS) is 10.8. The first-order valence-corrected chi connectivity index (χ1v) is 11.5. The van der Waals surface area contributed by atoms with Crippen molar-refractivity contribution in [3.63, 3.8) is 0 Å². The first-order valence-electron chi connectivity index (χ1n) is 10.5. The SMILES string of the molecule is CCn1c(SCC(=O)N(C)CC(=O)Nc2cccc(C)c2C)nnc1-c1ccccc1C. The van der Waals surface area contributed by atoms with E-state index in [1.54, 1.807) is 7.05 Å². The molecular formula is C24H29N5O2S. The molecule has 0 aliphatic heterocycles. The zero-order chi connectivity index (χ0) is 23.3. The number of carbonyl (C=O) groups excluding carboxylic acids is 2. The molecule has 0 radical (unpaired) electrons. The van der Waals surface area contributed by atoms with Gasteiger partial charge in [0.25, 0.3) is 0 Å². The summed E-state index contributed by atoms with van der Waals surface area (Å²) >= 11 is 1.33. The number of anilines is 1. The minimum absolute atomic E-state index is 0.0122. The van der Waals surface area contributed by atoms with Crippen LogP contribution in [-0.4, -0.2) is 50.8 Å². The fraction of sp³-hybridized carbons (Fsp3) is 0.333. The van der Waals surface area contributed by atoms with Gasteiger partial charge in [0.05, 0.1) is 12.3 Å². The van der Waals surface area contributed by atoms with Gasteiger partial charge in [-0.1, -0.05) is 48.2 Å². The molecule has 168 valence electrons. The molecular weight excluding hydrogens is 422 g/mol. The standard InChI is InChI=1S/C24H29N5O2S/c1-6-29-23(19-12-8-7-10-17(19)3)26-27-24(29)32-15-22(31)28(5)14-21(30)25-20-13-9-11-16(2)18(20)4/h7-13H,6,14-15H2,1-5H3,(H,25,30). The molecule has 0 aliphatic carbocycles. The van der Waals surface area contributed by atoms with Crippen LogP contribution < -0.4 is 5.32 Å². The van der Waals surface area contributed by atoms with Crippen LogP contribution in [-0.2, 0) is 16.1 Å². The molecule has 0 spiro atoms. The molecule has 2 amide bonds. The van der Waals surface area contributed by atoms with Crippen LogP contribution in [0, 0.1) is 20.8 Å². The van der Waals surface area contributed by atoms with Gasteiger partial charge < -0.3 is 14.8 Å². The van der Waals surface area contributed by atoms with Gasteiger partial charge in [0.1, 0.15) is 0 Å². The number of nitrogens with one attached hydrogen (secondary N) is 1. The molecule has 0 saturated carbocycles. The molecule has 0 saturated heterocycles. The van der Waals surface area contributed by atoms with Crippen molar-refractivity contribution in [2.24, 2.45) is 0 Å². The van der Waals surface area contributed by atoms with Gasteiger partial charge >= 0.3 is 0 Å². The molecule has 3 aromatic rings. The predicted octanol–water partition coefficient (Wildman–Crippen LogP) is 4.08. The van der Waals surface area contributed by atoms with Crippen LogP contribution in [0.4, 0.5) is 5.69 Å². The van der Waals surface area contributed by atoms with E-state index < -0.39 is 0 Å². The van der Waals surface area contributed by atoms with Gasteiger partial charge in [-0.05, 0) is 50.5 Å². The molecule has 1 aromatic heterocycles. The Hall–Kier alpha value is -3.13. The average Bonchev–Trinajstić information content (AvgIpc) is 3.18. The third kappa shape index (κ3) is 5.37. The molecule has 2 aromatic carbocycles. The number of thioether (sulfide) groups is 1. The second-order valence-electron chi connectivity index (χ2n) is 7.70. The highest BCUT2D eigenvalue weighted by Gasteiger charge is 2.18. The van der Waals surface area contributed by atoms with Crippen molar-refractivity contribution in [1.82, 2.24) is 19.7 Å². The van der Waals surface area contributed by atoms with Crippen LogP contribution >= 0.6 is 11.8 Å². The van der Waals surface area contributed by atoms with Gasteiger partial charge in [-0.15, -0.1) is 10.2 Å². The zero-order valence-corrected chi connectivity index (χ0v) is 20.0. The Morgan fingerprint density at radius 1 is 1.03 bits per heavy atom. The zero-order valence-electron chi connectivity index (χ0n) is 19.2. The van der Waals surface area contributed by atoms with Crippen LogP contribution in [0.3, 0.4) is 0 Å². The summed E-state index contributed by atoms with van der Waals surface area (Å²) in [4.78, 5) is 26.5. The maximum absolute atomic E-state index is 12.6. The Labute approximate surface area is 193 Å². The summed E-state index contributed by atoms with van der Waals surface area (Å²) in [5.41, 5.74) is 5.05. The summed E-state index contributed by atoms with van der Waals surface area (Å²) in [6.45, 7) is 8.71. The molecule has 3 rings (SSSR count). The number of rotatable bonds is 8. The average molecular weight is 452 g/mol. The number of aryl methyl sites for hydroxylation is 2. The van der Waals surface area contributed by atoms with E-state index in [1.807, 2.05) is 74.7 Å². The third-order valence-corrected chi connectivity index (χ3v) is 6.38. The van der Waals surface area contributed by atoms with E-state index in [0.717, 1.165) is 33.8 Å². The Morgan fingerprint density at radius 3 is 2.47 bits per heavy atom. The number of aromatic nitrogens is 3. The van der Waals surface area contributed by atoms with E-state index in [1.165, 1.54) is 16.7 Å². The van der Waals surface area contributed by atoms with E-state index in [2.05, 4.69) is 15.5 Å². The second-order valence-corrected chi connectivity index (χ2v) is 8.64. The molecule has 0 aliphatic rings. The summed E-state index contributed by atoms with van der Waals surface area (Å²) in [6.07, 6.45) is 0. The quantitative estimate of drug-likeness (QED) is 0.522. The fourth-order valence-electron chi connectivity index (χ4n) is 3.32. The Kier molecular flexibility index (Phi) is 7.69. The molecule has 0 fully saturated rings. The predicted molar refractivity (Wildman–Crippen MR) is 129 cm³/mol. The van der Waals surface area contributed by atoms with Gasteiger partial charge in [0.15, 0.2) is 11.0 Å². The fourth-order valence-corrected chi connectivity index (χ4v) is 4.26. The number of hydrogen-bond acceptors (Lipinski definition) is 5. The van der Waals surface area contributed by atoms with Gasteiger partial charge in [-0.25, -0.2) is 0 Å². The second kappa shape index (κ2) is 10.5. The largest absolute Gasteiger partial charge is 0.336 e. The Balaban J connectivity index is 1.60. The molecule has 0 unspecified atom stereocenters. The number of amides is 2. The van der Waals surface area contributed by atoms with Crippen LogP contribution in [0.5, 0.6) is 0 Å². The van der Waals surface area contributed by atoms with E-state index in [0.29, 0.717) is 11.7 Å². The van der Waals surface area contributed by atoms with Gasteiger partial charge in [-0.2, -0.15) is 0 Å². The number of benzene rings is 2. The molecule has 0 atom stereocenters. The van der Waals surface area contributed by atoms with Gasteiger partial charge in [-0.3, -0.25) is 9.59 Å². The molecule has 7 nitrogen and oxygen atoms in total. The van der Waals surface area contributed by atoms with Crippen molar-refractivity contribution in [3.05, 3.63) is 59.2 Å². The monoisotopic (exact) mass is 451 g/mol. The van der Waals surface area contributed by atoms with Crippen molar-refractivity contribution in [2.75, 3.05) is 24.7 Å². The van der Waals surface area contributed by atoms with E-state index in [-0.39, 0.29) is 24.1 Å². The van der Waals surface area contributed by atoms with Crippen molar-refractivity contribution >= 4 is 29.3 Å².